The van der Waals surface area contributed by atoms with Gasteiger partial charge in [-0.1, -0.05) is 57.0 Å². The van der Waals surface area contributed by atoms with Gasteiger partial charge in [0.2, 0.25) is 0 Å². The van der Waals surface area contributed by atoms with Gasteiger partial charge >= 0.3 is 0 Å². The molecule has 1 heterocycles. The summed E-state index contributed by atoms with van der Waals surface area (Å²) in [7, 11) is 0. The highest BCUT2D eigenvalue weighted by atomic mass is 16.5. The summed E-state index contributed by atoms with van der Waals surface area (Å²) in [5.41, 5.74) is 1.27. The lowest BCUT2D eigenvalue weighted by molar-refractivity contribution is -0.0592. The molecule has 1 saturated heterocycles. The third kappa shape index (κ3) is 6.11. The standard InChI is InChI=1S/C21H32N2O2/c1-3-5-14-24-20-17-23(16-18-10-8-7-9-11-18)19(12-13-22)21(20)25-15-6-4-2/h7-11,19-21H,3-6,12,14-17H2,1-2H3/t19-,20-,21-/m1/s1. The maximum Gasteiger partial charge on any atom is 0.101 e. The summed E-state index contributed by atoms with van der Waals surface area (Å²) < 4.78 is 12.4. The fraction of sp³-hybridized carbons (Fsp3) is 0.667. The number of nitriles is 1. The van der Waals surface area contributed by atoms with Crippen LogP contribution in [0.1, 0.15) is 51.5 Å². The Labute approximate surface area is 152 Å². The highest BCUT2D eigenvalue weighted by Gasteiger charge is 2.42. The van der Waals surface area contributed by atoms with Gasteiger partial charge in [0.25, 0.3) is 0 Å². The van der Waals surface area contributed by atoms with E-state index in [4.69, 9.17) is 9.47 Å². The lowest BCUT2D eigenvalue weighted by atomic mass is 10.1. The predicted molar refractivity (Wildman–Crippen MR) is 100 cm³/mol. The molecule has 4 nitrogen and oxygen atoms in total. The van der Waals surface area contributed by atoms with Crippen molar-refractivity contribution in [3.63, 3.8) is 0 Å². The second-order valence-corrected chi connectivity index (χ2v) is 6.80. The molecule has 0 spiro atoms. The molecule has 0 unspecified atom stereocenters. The van der Waals surface area contributed by atoms with Crippen LogP contribution in [-0.2, 0) is 16.0 Å². The minimum atomic E-state index is -0.00762. The second-order valence-electron chi connectivity index (χ2n) is 6.80. The van der Waals surface area contributed by atoms with Gasteiger partial charge in [-0.05, 0) is 18.4 Å². The molecule has 2 rings (SSSR count). The van der Waals surface area contributed by atoms with E-state index in [9.17, 15) is 5.26 Å². The SMILES string of the molecule is CCCCO[C@@H]1[C@@H](CC#N)N(Cc2ccccc2)C[C@H]1OCCCC. The number of rotatable bonds is 11. The van der Waals surface area contributed by atoms with Gasteiger partial charge in [0.1, 0.15) is 6.10 Å². The van der Waals surface area contributed by atoms with Gasteiger partial charge < -0.3 is 9.47 Å². The van der Waals surface area contributed by atoms with Crippen LogP contribution in [0.15, 0.2) is 30.3 Å². The first-order valence-electron chi connectivity index (χ1n) is 9.68. The molecule has 25 heavy (non-hydrogen) atoms. The van der Waals surface area contributed by atoms with Crippen molar-refractivity contribution in [2.75, 3.05) is 19.8 Å². The predicted octanol–water partition coefficient (Wildman–Crippen LogP) is 4.16. The summed E-state index contributed by atoms with van der Waals surface area (Å²) in [6, 6.07) is 12.9. The molecule has 1 aliphatic heterocycles. The molecule has 1 aliphatic rings. The van der Waals surface area contributed by atoms with Crippen LogP contribution in [0.3, 0.4) is 0 Å². The van der Waals surface area contributed by atoms with Crippen molar-refractivity contribution in [3.8, 4) is 6.07 Å². The molecule has 0 amide bonds. The van der Waals surface area contributed by atoms with Crippen molar-refractivity contribution < 1.29 is 9.47 Å². The third-order valence-corrected chi connectivity index (χ3v) is 4.80. The van der Waals surface area contributed by atoms with E-state index in [1.165, 1.54) is 5.56 Å². The zero-order chi connectivity index (χ0) is 17.9. The number of hydrogen-bond acceptors (Lipinski definition) is 4. The van der Waals surface area contributed by atoms with E-state index in [0.717, 1.165) is 52.0 Å². The van der Waals surface area contributed by atoms with Crippen LogP contribution in [0, 0.1) is 11.3 Å². The first-order valence-corrected chi connectivity index (χ1v) is 9.68. The zero-order valence-electron chi connectivity index (χ0n) is 15.7. The van der Waals surface area contributed by atoms with Crippen LogP contribution in [0.5, 0.6) is 0 Å². The van der Waals surface area contributed by atoms with Crippen molar-refractivity contribution in [3.05, 3.63) is 35.9 Å². The average Bonchev–Trinajstić information content (AvgIpc) is 2.94. The first-order chi connectivity index (χ1) is 12.3. The largest absolute Gasteiger partial charge is 0.374 e. The molecule has 1 fully saturated rings. The number of nitrogens with zero attached hydrogens (tertiary/aromatic N) is 2. The summed E-state index contributed by atoms with van der Waals surface area (Å²) in [6.07, 6.45) is 4.90. The Bertz CT molecular complexity index is 514. The lowest BCUT2D eigenvalue weighted by Gasteiger charge is -2.26. The summed E-state index contributed by atoms with van der Waals surface area (Å²) in [5, 5.41) is 9.33. The Morgan fingerprint density at radius 3 is 2.40 bits per heavy atom. The summed E-state index contributed by atoms with van der Waals surface area (Å²) in [4.78, 5) is 2.37. The van der Waals surface area contributed by atoms with Crippen molar-refractivity contribution in [1.82, 2.24) is 4.90 Å². The van der Waals surface area contributed by atoms with Crippen molar-refractivity contribution in [2.24, 2.45) is 0 Å². The topological polar surface area (TPSA) is 45.5 Å². The van der Waals surface area contributed by atoms with Gasteiger partial charge in [-0.2, -0.15) is 5.26 Å². The Morgan fingerprint density at radius 1 is 1.08 bits per heavy atom. The zero-order valence-corrected chi connectivity index (χ0v) is 15.7. The Hall–Kier alpha value is -1.41. The molecule has 0 bridgehead atoms. The maximum atomic E-state index is 9.33. The molecular formula is C21H32N2O2. The van der Waals surface area contributed by atoms with Gasteiger partial charge in [0.15, 0.2) is 0 Å². The Balaban J connectivity index is 2.07. The van der Waals surface area contributed by atoms with E-state index < -0.39 is 0 Å². The highest BCUT2D eigenvalue weighted by molar-refractivity contribution is 5.15. The Kier molecular flexibility index (Phi) is 8.96. The number of likely N-dealkylation sites (tertiary alicyclic amines) is 1. The molecule has 4 heteroatoms. The number of benzene rings is 1. The molecular weight excluding hydrogens is 312 g/mol. The van der Waals surface area contributed by atoms with Crippen LogP contribution >= 0.6 is 0 Å². The first kappa shape index (κ1) is 19.9. The van der Waals surface area contributed by atoms with E-state index in [1.54, 1.807) is 0 Å². The van der Waals surface area contributed by atoms with Gasteiger partial charge in [-0.25, -0.2) is 0 Å². The summed E-state index contributed by atoms with van der Waals surface area (Å²) >= 11 is 0. The fourth-order valence-corrected chi connectivity index (χ4v) is 3.37. The van der Waals surface area contributed by atoms with Crippen LogP contribution in [0.2, 0.25) is 0 Å². The van der Waals surface area contributed by atoms with E-state index in [2.05, 4.69) is 49.1 Å². The molecule has 1 aromatic rings. The molecule has 1 aromatic carbocycles. The van der Waals surface area contributed by atoms with Gasteiger partial charge in [0, 0.05) is 26.3 Å². The van der Waals surface area contributed by atoms with Crippen LogP contribution < -0.4 is 0 Å². The molecule has 3 atom stereocenters. The van der Waals surface area contributed by atoms with Crippen molar-refractivity contribution in [2.45, 2.75) is 70.7 Å². The smallest absolute Gasteiger partial charge is 0.101 e. The molecule has 0 saturated carbocycles. The van der Waals surface area contributed by atoms with Crippen molar-refractivity contribution in [1.29, 1.82) is 5.26 Å². The third-order valence-electron chi connectivity index (χ3n) is 4.80. The van der Waals surface area contributed by atoms with E-state index in [-0.39, 0.29) is 18.2 Å². The van der Waals surface area contributed by atoms with E-state index in [1.807, 2.05) is 6.07 Å². The minimum absolute atomic E-state index is 0.00762. The van der Waals surface area contributed by atoms with Crippen LogP contribution in [-0.4, -0.2) is 42.9 Å². The molecule has 0 radical (unpaired) electrons. The minimum Gasteiger partial charge on any atom is -0.374 e. The number of ether oxygens (including phenoxy) is 2. The normalized spacial score (nSPS) is 23.6. The van der Waals surface area contributed by atoms with Crippen LogP contribution in [0.25, 0.3) is 0 Å². The second kappa shape index (κ2) is 11.3. The summed E-state index contributed by atoms with van der Waals surface area (Å²) in [5.74, 6) is 0. The van der Waals surface area contributed by atoms with Crippen molar-refractivity contribution >= 4 is 0 Å². The fourth-order valence-electron chi connectivity index (χ4n) is 3.37. The lowest BCUT2D eigenvalue weighted by Crippen LogP contribution is -2.38. The Morgan fingerprint density at radius 2 is 1.76 bits per heavy atom. The van der Waals surface area contributed by atoms with E-state index in [0.29, 0.717) is 6.42 Å². The van der Waals surface area contributed by atoms with Crippen LogP contribution in [0.4, 0.5) is 0 Å². The molecule has 0 aromatic heterocycles. The highest BCUT2D eigenvalue weighted by Crippen LogP contribution is 2.28. The monoisotopic (exact) mass is 344 g/mol. The maximum absolute atomic E-state index is 9.33. The quantitative estimate of drug-likeness (QED) is 0.566. The van der Waals surface area contributed by atoms with Gasteiger partial charge in [0.05, 0.1) is 24.6 Å². The summed E-state index contributed by atoms with van der Waals surface area (Å²) in [6.45, 7) is 7.54. The van der Waals surface area contributed by atoms with Gasteiger partial charge in [-0.15, -0.1) is 0 Å². The van der Waals surface area contributed by atoms with E-state index >= 15 is 0 Å². The number of hydrogen-bond donors (Lipinski definition) is 0. The molecule has 138 valence electrons. The molecule has 0 aliphatic carbocycles. The number of unbranched alkanes of at least 4 members (excludes halogenated alkanes) is 2. The van der Waals surface area contributed by atoms with Gasteiger partial charge in [-0.3, -0.25) is 4.90 Å². The average molecular weight is 344 g/mol. The molecule has 0 N–H and O–H groups in total.